The van der Waals surface area contributed by atoms with Crippen LogP contribution >= 0.6 is 11.6 Å². The maximum atomic E-state index is 12.4. The highest BCUT2D eigenvalue weighted by Gasteiger charge is 2.18. The van der Waals surface area contributed by atoms with E-state index in [9.17, 15) is 4.79 Å². The molecule has 24 heavy (non-hydrogen) atoms. The number of amides is 1. The summed E-state index contributed by atoms with van der Waals surface area (Å²) in [6, 6.07) is 12.8. The van der Waals surface area contributed by atoms with E-state index in [1.54, 1.807) is 25.1 Å². The van der Waals surface area contributed by atoms with Crippen LogP contribution in [0.15, 0.2) is 42.5 Å². The van der Waals surface area contributed by atoms with Gasteiger partial charge in [-0.3, -0.25) is 4.79 Å². The lowest BCUT2D eigenvalue weighted by atomic mass is 9.98. The Bertz CT molecular complexity index is 718. The first-order chi connectivity index (χ1) is 11.4. The van der Waals surface area contributed by atoms with Gasteiger partial charge in [0.15, 0.2) is 6.10 Å². The third kappa shape index (κ3) is 4.42. The third-order valence-electron chi connectivity index (χ3n) is 4.00. The van der Waals surface area contributed by atoms with Gasteiger partial charge in [-0.2, -0.15) is 0 Å². The van der Waals surface area contributed by atoms with Crippen molar-refractivity contribution in [2.24, 2.45) is 0 Å². The van der Waals surface area contributed by atoms with Crippen LogP contribution in [0.3, 0.4) is 0 Å². The Kier molecular flexibility index (Phi) is 6.10. The van der Waals surface area contributed by atoms with Crippen molar-refractivity contribution < 1.29 is 9.53 Å². The van der Waals surface area contributed by atoms with Crippen molar-refractivity contribution in [1.29, 1.82) is 0 Å². The molecule has 0 aliphatic rings. The van der Waals surface area contributed by atoms with Crippen molar-refractivity contribution in [3.63, 3.8) is 0 Å². The molecule has 4 nitrogen and oxygen atoms in total. The van der Waals surface area contributed by atoms with Crippen LogP contribution in [0.2, 0.25) is 5.02 Å². The van der Waals surface area contributed by atoms with E-state index in [-0.39, 0.29) is 5.91 Å². The molecule has 2 aromatic rings. The van der Waals surface area contributed by atoms with E-state index in [2.05, 4.69) is 19.2 Å². The number of anilines is 2. The van der Waals surface area contributed by atoms with Gasteiger partial charge in [0.2, 0.25) is 0 Å². The van der Waals surface area contributed by atoms with E-state index < -0.39 is 6.10 Å². The van der Waals surface area contributed by atoms with Crippen molar-refractivity contribution in [3.8, 4) is 5.75 Å². The van der Waals surface area contributed by atoms with Crippen molar-refractivity contribution in [2.75, 3.05) is 11.1 Å². The van der Waals surface area contributed by atoms with E-state index in [0.717, 1.165) is 17.7 Å². The molecule has 0 saturated carbocycles. The number of hydrogen-bond acceptors (Lipinski definition) is 3. The van der Waals surface area contributed by atoms with Crippen molar-refractivity contribution in [2.45, 2.75) is 39.2 Å². The van der Waals surface area contributed by atoms with Crippen LogP contribution in [0.1, 0.15) is 38.7 Å². The molecule has 0 fully saturated rings. The smallest absolute Gasteiger partial charge is 0.265 e. The highest BCUT2D eigenvalue weighted by Crippen LogP contribution is 2.29. The summed E-state index contributed by atoms with van der Waals surface area (Å²) in [5, 5.41) is 3.25. The van der Waals surface area contributed by atoms with E-state index in [1.165, 1.54) is 0 Å². The number of carbonyl (C=O) groups is 1. The maximum Gasteiger partial charge on any atom is 0.265 e. The second-order valence-electron chi connectivity index (χ2n) is 5.83. The Labute approximate surface area is 148 Å². The van der Waals surface area contributed by atoms with E-state index in [4.69, 9.17) is 22.1 Å². The zero-order valence-electron chi connectivity index (χ0n) is 14.2. The number of nitrogen functional groups attached to an aromatic ring is 1. The fraction of sp³-hybridized carbons (Fsp3) is 0.316. The predicted molar refractivity (Wildman–Crippen MR) is 99.7 cm³/mol. The number of rotatable bonds is 6. The molecule has 0 radical (unpaired) electrons. The summed E-state index contributed by atoms with van der Waals surface area (Å²) in [7, 11) is 0. The first-order valence-electron chi connectivity index (χ1n) is 8.03. The van der Waals surface area contributed by atoms with Gasteiger partial charge in [0.1, 0.15) is 5.75 Å². The van der Waals surface area contributed by atoms with E-state index in [1.807, 2.05) is 24.3 Å². The SMILES string of the molecule is CC[C@@H](C)c1ccccc1O[C@H](C)C(=O)Nc1ccc(Cl)c(N)c1. The number of ether oxygens (including phenoxy) is 1. The summed E-state index contributed by atoms with van der Waals surface area (Å²) in [6.07, 6.45) is 0.373. The zero-order chi connectivity index (χ0) is 17.7. The highest BCUT2D eigenvalue weighted by molar-refractivity contribution is 6.33. The average molecular weight is 347 g/mol. The van der Waals surface area contributed by atoms with Crippen molar-refractivity contribution >= 4 is 28.9 Å². The fourth-order valence-electron chi connectivity index (χ4n) is 2.32. The molecule has 3 N–H and O–H groups in total. The van der Waals surface area contributed by atoms with Crippen molar-refractivity contribution in [1.82, 2.24) is 0 Å². The largest absolute Gasteiger partial charge is 0.481 e. The molecule has 0 aliphatic heterocycles. The molecule has 2 atom stereocenters. The third-order valence-corrected chi connectivity index (χ3v) is 4.34. The topological polar surface area (TPSA) is 64.3 Å². The molecule has 0 heterocycles. The van der Waals surface area contributed by atoms with Gasteiger partial charge in [0.25, 0.3) is 5.91 Å². The summed E-state index contributed by atoms with van der Waals surface area (Å²) in [6.45, 7) is 5.99. The van der Waals surface area contributed by atoms with Gasteiger partial charge in [-0.05, 0) is 49.1 Å². The summed E-state index contributed by atoms with van der Waals surface area (Å²) < 4.78 is 5.89. The van der Waals surface area contributed by atoms with Crippen LogP contribution in [-0.2, 0) is 4.79 Å². The molecule has 128 valence electrons. The van der Waals surface area contributed by atoms with Crippen LogP contribution in [-0.4, -0.2) is 12.0 Å². The van der Waals surface area contributed by atoms with E-state index >= 15 is 0 Å². The normalized spacial score (nSPS) is 13.2. The summed E-state index contributed by atoms with van der Waals surface area (Å²) >= 11 is 5.89. The molecular formula is C19H23ClN2O2. The number of halogens is 1. The maximum absolute atomic E-state index is 12.4. The van der Waals surface area contributed by atoms with Gasteiger partial charge >= 0.3 is 0 Å². The molecule has 0 bridgehead atoms. The predicted octanol–water partition coefficient (Wildman–Crippen LogP) is 4.84. The average Bonchev–Trinajstić information content (AvgIpc) is 2.58. The Balaban J connectivity index is 2.08. The van der Waals surface area contributed by atoms with Crippen LogP contribution in [0, 0.1) is 0 Å². The van der Waals surface area contributed by atoms with Gasteiger partial charge in [0, 0.05) is 5.69 Å². The van der Waals surface area contributed by atoms with Gasteiger partial charge in [-0.1, -0.05) is 43.6 Å². The van der Waals surface area contributed by atoms with E-state index in [0.29, 0.717) is 22.3 Å². The molecule has 2 rings (SSSR count). The van der Waals surface area contributed by atoms with Gasteiger partial charge in [-0.25, -0.2) is 0 Å². The lowest BCUT2D eigenvalue weighted by Gasteiger charge is -2.19. The number of nitrogens with two attached hydrogens (primary N) is 1. The number of para-hydroxylation sites is 1. The Morgan fingerprint density at radius 3 is 2.62 bits per heavy atom. The number of nitrogens with one attached hydrogen (secondary N) is 1. The molecule has 0 unspecified atom stereocenters. The summed E-state index contributed by atoms with van der Waals surface area (Å²) in [5.74, 6) is 0.869. The van der Waals surface area contributed by atoms with Crippen LogP contribution in [0.4, 0.5) is 11.4 Å². The fourth-order valence-corrected chi connectivity index (χ4v) is 2.44. The van der Waals surface area contributed by atoms with Crippen LogP contribution in [0.25, 0.3) is 0 Å². The molecule has 0 aromatic heterocycles. The molecule has 2 aromatic carbocycles. The minimum absolute atomic E-state index is 0.240. The number of hydrogen-bond donors (Lipinski definition) is 2. The molecule has 0 spiro atoms. The standard InChI is InChI=1S/C19H23ClN2O2/c1-4-12(2)15-7-5-6-8-18(15)24-13(3)19(23)22-14-9-10-16(20)17(21)11-14/h5-13H,4,21H2,1-3H3,(H,22,23)/t12-,13-/m1/s1. The minimum atomic E-state index is -0.632. The van der Waals surface area contributed by atoms with Gasteiger partial charge < -0.3 is 15.8 Å². The Morgan fingerprint density at radius 1 is 1.25 bits per heavy atom. The first-order valence-corrected chi connectivity index (χ1v) is 8.41. The summed E-state index contributed by atoms with van der Waals surface area (Å²) in [5.41, 5.74) is 7.87. The molecule has 0 saturated heterocycles. The number of benzene rings is 2. The molecule has 5 heteroatoms. The second kappa shape index (κ2) is 8.06. The quantitative estimate of drug-likeness (QED) is 0.735. The lowest BCUT2D eigenvalue weighted by molar-refractivity contribution is -0.122. The van der Waals surface area contributed by atoms with Crippen molar-refractivity contribution in [3.05, 3.63) is 53.1 Å². The number of carbonyl (C=O) groups excluding carboxylic acids is 1. The highest BCUT2D eigenvalue weighted by atomic mass is 35.5. The van der Waals surface area contributed by atoms with Gasteiger partial charge in [-0.15, -0.1) is 0 Å². The molecular weight excluding hydrogens is 324 g/mol. The zero-order valence-corrected chi connectivity index (χ0v) is 14.9. The summed E-state index contributed by atoms with van der Waals surface area (Å²) in [4.78, 5) is 12.4. The second-order valence-corrected chi connectivity index (χ2v) is 6.24. The minimum Gasteiger partial charge on any atom is -0.481 e. The van der Waals surface area contributed by atoms with Crippen LogP contribution in [0.5, 0.6) is 5.75 Å². The lowest BCUT2D eigenvalue weighted by Crippen LogP contribution is -2.30. The van der Waals surface area contributed by atoms with Crippen LogP contribution < -0.4 is 15.8 Å². The molecule has 1 amide bonds. The van der Waals surface area contributed by atoms with Gasteiger partial charge in [0.05, 0.1) is 10.7 Å². The molecule has 0 aliphatic carbocycles. The Morgan fingerprint density at radius 2 is 1.96 bits per heavy atom. The first kappa shape index (κ1) is 18.1. The monoisotopic (exact) mass is 346 g/mol. The Hall–Kier alpha value is -2.20.